The number of hydrogen-bond donors (Lipinski definition) is 2. The Balaban J connectivity index is 1.60. The SMILES string of the molecule is O=C(NCc1ccccc1CC(F)(F)F)Nc1cnc2c(c1)COCC2. The van der Waals surface area contributed by atoms with Gasteiger partial charge in [-0.3, -0.25) is 4.98 Å². The molecule has 0 atom stereocenters. The number of nitrogens with zero attached hydrogens (tertiary/aromatic N) is 1. The van der Waals surface area contributed by atoms with E-state index >= 15 is 0 Å². The Kier molecular flexibility index (Phi) is 5.41. The van der Waals surface area contributed by atoms with Crippen LogP contribution in [0.2, 0.25) is 0 Å². The van der Waals surface area contributed by atoms with Gasteiger partial charge in [0.25, 0.3) is 0 Å². The molecule has 0 bridgehead atoms. The fourth-order valence-electron chi connectivity index (χ4n) is 2.78. The number of alkyl halides is 3. The number of ether oxygens (including phenoxy) is 1. The van der Waals surface area contributed by atoms with Crippen LogP contribution in [0.1, 0.15) is 22.4 Å². The van der Waals surface area contributed by atoms with Crippen LogP contribution in [0.4, 0.5) is 23.7 Å². The number of urea groups is 1. The van der Waals surface area contributed by atoms with E-state index in [-0.39, 0.29) is 12.1 Å². The molecule has 3 rings (SSSR count). The van der Waals surface area contributed by atoms with Crippen molar-refractivity contribution >= 4 is 11.7 Å². The summed E-state index contributed by atoms with van der Waals surface area (Å²) < 4.78 is 43.2. The fourth-order valence-corrected chi connectivity index (χ4v) is 2.78. The van der Waals surface area contributed by atoms with Crippen molar-refractivity contribution in [2.45, 2.75) is 32.2 Å². The van der Waals surface area contributed by atoms with E-state index in [1.807, 2.05) is 0 Å². The molecule has 1 aromatic carbocycles. The van der Waals surface area contributed by atoms with Crippen molar-refractivity contribution in [2.75, 3.05) is 11.9 Å². The molecule has 0 unspecified atom stereocenters. The van der Waals surface area contributed by atoms with Crippen molar-refractivity contribution in [1.29, 1.82) is 0 Å². The average Bonchev–Trinajstić information content (AvgIpc) is 2.59. The van der Waals surface area contributed by atoms with E-state index in [1.165, 1.54) is 6.07 Å². The number of fused-ring (bicyclic) bond motifs is 1. The van der Waals surface area contributed by atoms with Gasteiger partial charge in [-0.05, 0) is 17.2 Å². The number of halogens is 3. The first-order valence-corrected chi connectivity index (χ1v) is 8.14. The monoisotopic (exact) mass is 365 g/mol. The minimum atomic E-state index is -4.30. The Morgan fingerprint density at radius 1 is 1.23 bits per heavy atom. The van der Waals surface area contributed by atoms with Crippen LogP contribution >= 0.6 is 0 Å². The summed E-state index contributed by atoms with van der Waals surface area (Å²) in [7, 11) is 0. The number of rotatable bonds is 4. The van der Waals surface area contributed by atoms with Crippen LogP contribution in [0.5, 0.6) is 0 Å². The second kappa shape index (κ2) is 7.74. The number of carbonyl (C=O) groups excluding carboxylic acids is 1. The number of hydrogen-bond acceptors (Lipinski definition) is 3. The summed E-state index contributed by atoms with van der Waals surface area (Å²) >= 11 is 0. The first-order chi connectivity index (χ1) is 12.4. The summed E-state index contributed by atoms with van der Waals surface area (Å²) in [5, 5.41) is 5.22. The molecule has 5 nitrogen and oxygen atoms in total. The third-order valence-electron chi connectivity index (χ3n) is 4.01. The van der Waals surface area contributed by atoms with Gasteiger partial charge in [0.05, 0.1) is 31.5 Å². The molecule has 2 aromatic rings. The number of nitrogens with one attached hydrogen (secondary N) is 2. The van der Waals surface area contributed by atoms with Gasteiger partial charge in [-0.15, -0.1) is 0 Å². The molecule has 0 spiro atoms. The number of aromatic nitrogens is 1. The number of anilines is 1. The molecule has 1 aliphatic heterocycles. The second-order valence-electron chi connectivity index (χ2n) is 6.00. The Hall–Kier alpha value is -2.61. The number of amides is 2. The summed E-state index contributed by atoms with van der Waals surface area (Å²) in [4.78, 5) is 16.3. The highest BCUT2D eigenvalue weighted by atomic mass is 19.4. The van der Waals surface area contributed by atoms with Crippen LogP contribution in [-0.2, 0) is 30.7 Å². The van der Waals surface area contributed by atoms with Crippen LogP contribution in [0, 0.1) is 0 Å². The molecule has 8 heteroatoms. The molecule has 0 fully saturated rings. The molecule has 26 heavy (non-hydrogen) atoms. The largest absolute Gasteiger partial charge is 0.393 e. The van der Waals surface area contributed by atoms with Gasteiger partial charge >= 0.3 is 12.2 Å². The van der Waals surface area contributed by atoms with Crippen molar-refractivity contribution in [2.24, 2.45) is 0 Å². The van der Waals surface area contributed by atoms with Crippen LogP contribution in [0.3, 0.4) is 0 Å². The quantitative estimate of drug-likeness (QED) is 0.871. The zero-order chi connectivity index (χ0) is 18.6. The van der Waals surface area contributed by atoms with Gasteiger partial charge in [-0.2, -0.15) is 13.2 Å². The van der Waals surface area contributed by atoms with E-state index in [0.29, 0.717) is 24.5 Å². The smallest absolute Gasteiger partial charge is 0.376 e. The lowest BCUT2D eigenvalue weighted by molar-refractivity contribution is -0.127. The van der Waals surface area contributed by atoms with Gasteiger partial charge in [0, 0.05) is 24.2 Å². The molecule has 138 valence electrons. The topological polar surface area (TPSA) is 63.2 Å². The number of pyridine rings is 1. The second-order valence-corrected chi connectivity index (χ2v) is 6.00. The predicted octanol–water partition coefficient (Wildman–Crippen LogP) is 3.58. The zero-order valence-corrected chi connectivity index (χ0v) is 13.9. The predicted molar refractivity (Wildman–Crippen MR) is 89.7 cm³/mol. The summed E-state index contributed by atoms with van der Waals surface area (Å²) in [6, 6.07) is 7.45. The van der Waals surface area contributed by atoms with Gasteiger partial charge in [0.2, 0.25) is 0 Å². The highest BCUT2D eigenvalue weighted by Gasteiger charge is 2.28. The van der Waals surface area contributed by atoms with Gasteiger partial charge in [-0.25, -0.2) is 4.79 Å². The third kappa shape index (κ3) is 4.95. The fraction of sp³-hybridized carbons (Fsp3) is 0.333. The highest BCUT2D eigenvalue weighted by Crippen LogP contribution is 2.23. The van der Waals surface area contributed by atoms with E-state index in [9.17, 15) is 18.0 Å². The Morgan fingerprint density at radius 3 is 2.77 bits per heavy atom. The Labute approximate surface area is 148 Å². The van der Waals surface area contributed by atoms with Crippen LogP contribution in [0.25, 0.3) is 0 Å². The van der Waals surface area contributed by atoms with Crippen molar-refractivity contribution in [3.05, 3.63) is 58.9 Å². The van der Waals surface area contributed by atoms with Crippen LogP contribution in [-0.4, -0.2) is 23.8 Å². The summed E-state index contributed by atoms with van der Waals surface area (Å²) in [5.41, 5.74) is 2.95. The molecule has 2 N–H and O–H groups in total. The highest BCUT2D eigenvalue weighted by molar-refractivity contribution is 5.89. The number of carbonyl (C=O) groups is 1. The number of benzene rings is 1. The molecule has 0 saturated carbocycles. The van der Waals surface area contributed by atoms with Gasteiger partial charge in [-0.1, -0.05) is 24.3 Å². The molecule has 1 aromatic heterocycles. The van der Waals surface area contributed by atoms with Gasteiger partial charge < -0.3 is 15.4 Å². The molecular formula is C18H18F3N3O2. The standard InChI is InChI=1S/C18H18F3N3O2/c19-18(20,21)8-12-3-1-2-4-13(12)9-23-17(25)24-15-7-14-11-26-6-5-16(14)22-10-15/h1-4,7,10H,5-6,8-9,11H2,(H2,23,24,25). The summed E-state index contributed by atoms with van der Waals surface area (Å²) in [6.07, 6.45) is -3.03. The van der Waals surface area contributed by atoms with E-state index in [4.69, 9.17) is 4.74 Å². The van der Waals surface area contributed by atoms with Gasteiger partial charge in [0.1, 0.15) is 0 Å². The lowest BCUT2D eigenvalue weighted by atomic mass is 10.0. The average molecular weight is 365 g/mol. The van der Waals surface area contributed by atoms with Gasteiger partial charge in [0.15, 0.2) is 0 Å². The lowest BCUT2D eigenvalue weighted by Gasteiger charge is -2.17. The zero-order valence-electron chi connectivity index (χ0n) is 13.9. The first-order valence-electron chi connectivity index (χ1n) is 8.14. The van der Waals surface area contributed by atoms with Crippen molar-refractivity contribution < 1.29 is 22.7 Å². The van der Waals surface area contributed by atoms with Crippen molar-refractivity contribution in [3.63, 3.8) is 0 Å². The summed E-state index contributed by atoms with van der Waals surface area (Å²) in [5.74, 6) is 0. The molecule has 0 saturated heterocycles. The molecular weight excluding hydrogens is 347 g/mol. The molecule has 0 radical (unpaired) electrons. The normalized spacial score (nSPS) is 13.8. The minimum absolute atomic E-state index is 0.000430. The van der Waals surface area contributed by atoms with Crippen LogP contribution < -0.4 is 10.6 Å². The summed E-state index contributed by atoms with van der Waals surface area (Å²) in [6.45, 7) is 1.08. The third-order valence-corrected chi connectivity index (χ3v) is 4.01. The Bertz CT molecular complexity index is 793. The first kappa shape index (κ1) is 18.2. The van der Waals surface area contributed by atoms with Crippen molar-refractivity contribution in [1.82, 2.24) is 10.3 Å². The van der Waals surface area contributed by atoms with E-state index < -0.39 is 18.6 Å². The maximum absolute atomic E-state index is 12.6. The van der Waals surface area contributed by atoms with Crippen molar-refractivity contribution in [3.8, 4) is 0 Å². The molecule has 2 heterocycles. The van der Waals surface area contributed by atoms with E-state index in [0.717, 1.165) is 17.7 Å². The Morgan fingerprint density at radius 2 is 2.00 bits per heavy atom. The van der Waals surface area contributed by atoms with Crippen LogP contribution in [0.15, 0.2) is 36.5 Å². The maximum Gasteiger partial charge on any atom is 0.393 e. The molecule has 0 aliphatic carbocycles. The van der Waals surface area contributed by atoms with E-state index in [1.54, 1.807) is 30.5 Å². The van der Waals surface area contributed by atoms with E-state index in [2.05, 4.69) is 15.6 Å². The molecule has 1 aliphatic rings. The minimum Gasteiger partial charge on any atom is -0.376 e. The maximum atomic E-state index is 12.6. The molecule has 2 amide bonds. The lowest BCUT2D eigenvalue weighted by Crippen LogP contribution is -2.29.